The Kier molecular flexibility index (Phi) is 5.23. The van der Waals surface area contributed by atoms with Crippen molar-refractivity contribution in [2.45, 2.75) is 0 Å². The zero-order valence-corrected chi connectivity index (χ0v) is 10.2. The highest BCUT2D eigenvalue weighted by Gasteiger charge is 2.03. The van der Waals surface area contributed by atoms with Gasteiger partial charge >= 0.3 is 0 Å². The van der Waals surface area contributed by atoms with Crippen molar-refractivity contribution in [1.29, 1.82) is 0 Å². The number of amides is 1. The van der Waals surface area contributed by atoms with Crippen LogP contribution in [0.2, 0.25) is 0 Å². The molecule has 1 amide bonds. The highest BCUT2D eigenvalue weighted by Crippen LogP contribution is 2.08. The molecule has 0 spiro atoms. The van der Waals surface area contributed by atoms with Crippen LogP contribution in [0.15, 0.2) is 30.3 Å². The molecule has 1 aromatic rings. The lowest BCUT2D eigenvalue weighted by molar-refractivity contribution is -0.125. The molecule has 0 saturated heterocycles. The summed E-state index contributed by atoms with van der Waals surface area (Å²) in [7, 11) is 3.35. The number of nitrogens with two attached hydrogens (primary N) is 1. The van der Waals surface area contributed by atoms with Gasteiger partial charge in [0.15, 0.2) is 0 Å². The van der Waals surface area contributed by atoms with Crippen molar-refractivity contribution in [3.05, 3.63) is 35.9 Å². The minimum Gasteiger partial charge on any atom is -0.399 e. The summed E-state index contributed by atoms with van der Waals surface area (Å²) < 4.78 is 4.91. The lowest BCUT2D eigenvalue weighted by atomic mass is 10.2. The minimum atomic E-state index is -0.0514. The molecule has 17 heavy (non-hydrogen) atoms. The van der Waals surface area contributed by atoms with Gasteiger partial charge in [-0.25, -0.2) is 0 Å². The number of rotatable bonds is 5. The van der Waals surface area contributed by atoms with Crippen molar-refractivity contribution < 1.29 is 9.53 Å². The monoisotopic (exact) mass is 234 g/mol. The van der Waals surface area contributed by atoms with E-state index in [1.807, 2.05) is 24.3 Å². The molecule has 0 heterocycles. The first-order valence-corrected chi connectivity index (χ1v) is 5.41. The Hall–Kier alpha value is -1.81. The van der Waals surface area contributed by atoms with Gasteiger partial charge in [-0.2, -0.15) is 0 Å². The SMILES string of the molecule is COCCN(C)C(=O)/C=C/c1cccc(N)c1. The molecule has 1 rings (SSSR count). The summed E-state index contributed by atoms with van der Waals surface area (Å²) in [6.07, 6.45) is 3.28. The fourth-order valence-corrected chi connectivity index (χ4v) is 1.30. The number of anilines is 1. The highest BCUT2D eigenvalue weighted by atomic mass is 16.5. The third kappa shape index (κ3) is 4.70. The molecule has 0 fully saturated rings. The van der Waals surface area contributed by atoms with Crippen LogP contribution in [0.5, 0.6) is 0 Å². The molecule has 0 aliphatic rings. The second kappa shape index (κ2) is 6.70. The van der Waals surface area contributed by atoms with Crippen LogP contribution >= 0.6 is 0 Å². The second-order valence-corrected chi connectivity index (χ2v) is 3.76. The number of benzene rings is 1. The Balaban J connectivity index is 2.55. The average Bonchev–Trinajstić information content (AvgIpc) is 2.33. The van der Waals surface area contributed by atoms with E-state index in [-0.39, 0.29) is 5.91 Å². The Morgan fingerprint density at radius 3 is 2.94 bits per heavy atom. The Morgan fingerprint density at radius 2 is 2.29 bits per heavy atom. The summed E-state index contributed by atoms with van der Waals surface area (Å²) in [4.78, 5) is 13.3. The minimum absolute atomic E-state index is 0.0514. The second-order valence-electron chi connectivity index (χ2n) is 3.76. The molecule has 92 valence electrons. The van der Waals surface area contributed by atoms with Gasteiger partial charge in [0.2, 0.25) is 5.91 Å². The maximum atomic E-state index is 11.7. The van der Waals surface area contributed by atoms with E-state index in [1.165, 1.54) is 6.08 Å². The molecule has 0 aliphatic heterocycles. The zero-order valence-electron chi connectivity index (χ0n) is 10.2. The third-order valence-corrected chi connectivity index (χ3v) is 2.34. The molecule has 4 nitrogen and oxygen atoms in total. The number of methoxy groups -OCH3 is 1. The molecule has 4 heteroatoms. The Morgan fingerprint density at radius 1 is 1.53 bits per heavy atom. The van der Waals surface area contributed by atoms with Gasteiger partial charge in [0.05, 0.1) is 6.61 Å². The van der Waals surface area contributed by atoms with Crippen LogP contribution in [0.25, 0.3) is 6.08 Å². The van der Waals surface area contributed by atoms with Crippen molar-refractivity contribution in [3.8, 4) is 0 Å². The quantitative estimate of drug-likeness (QED) is 0.618. The number of likely N-dealkylation sites (N-methyl/N-ethyl adjacent to an activating group) is 1. The molecule has 0 bridgehead atoms. The molecular formula is C13H18N2O2. The maximum Gasteiger partial charge on any atom is 0.246 e. The number of hydrogen-bond donors (Lipinski definition) is 1. The van der Waals surface area contributed by atoms with Gasteiger partial charge in [0.25, 0.3) is 0 Å². The summed E-state index contributed by atoms with van der Waals surface area (Å²) in [6, 6.07) is 7.38. The Labute approximate surface area is 102 Å². The molecule has 0 aliphatic carbocycles. The zero-order chi connectivity index (χ0) is 12.7. The summed E-state index contributed by atoms with van der Waals surface area (Å²) in [5.41, 5.74) is 7.25. The first kappa shape index (κ1) is 13.3. The van der Waals surface area contributed by atoms with Gasteiger partial charge in [-0.15, -0.1) is 0 Å². The van der Waals surface area contributed by atoms with Crippen molar-refractivity contribution in [2.75, 3.05) is 33.0 Å². The van der Waals surface area contributed by atoms with Gasteiger partial charge in [0, 0.05) is 32.5 Å². The molecular weight excluding hydrogens is 216 g/mol. The van der Waals surface area contributed by atoms with E-state index in [4.69, 9.17) is 10.5 Å². The van der Waals surface area contributed by atoms with Crippen LogP contribution in [0, 0.1) is 0 Å². The number of ether oxygens (including phenoxy) is 1. The van der Waals surface area contributed by atoms with Gasteiger partial charge in [0.1, 0.15) is 0 Å². The smallest absolute Gasteiger partial charge is 0.246 e. The lowest BCUT2D eigenvalue weighted by Crippen LogP contribution is -2.28. The van der Waals surface area contributed by atoms with E-state index in [9.17, 15) is 4.79 Å². The van der Waals surface area contributed by atoms with Crippen LogP contribution in [0.4, 0.5) is 5.69 Å². The lowest BCUT2D eigenvalue weighted by Gasteiger charge is -2.13. The van der Waals surface area contributed by atoms with Crippen LogP contribution in [-0.2, 0) is 9.53 Å². The number of carbonyl (C=O) groups is 1. The molecule has 0 atom stereocenters. The van der Waals surface area contributed by atoms with Gasteiger partial charge in [-0.05, 0) is 23.8 Å². The van der Waals surface area contributed by atoms with E-state index in [0.29, 0.717) is 18.8 Å². The standard InChI is InChI=1S/C13H18N2O2/c1-15(8-9-17-2)13(16)7-6-11-4-3-5-12(14)10-11/h3-7,10H,8-9,14H2,1-2H3/b7-6+. The molecule has 2 N–H and O–H groups in total. The highest BCUT2D eigenvalue weighted by molar-refractivity contribution is 5.91. The molecule has 0 radical (unpaired) electrons. The molecule has 0 unspecified atom stereocenters. The first-order chi connectivity index (χ1) is 8.13. The molecule has 0 saturated carbocycles. The van der Waals surface area contributed by atoms with E-state index in [1.54, 1.807) is 25.1 Å². The van der Waals surface area contributed by atoms with Gasteiger partial charge < -0.3 is 15.4 Å². The van der Waals surface area contributed by atoms with Crippen LogP contribution < -0.4 is 5.73 Å². The summed E-state index contributed by atoms with van der Waals surface area (Å²) >= 11 is 0. The normalized spacial score (nSPS) is 10.7. The van der Waals surface area contributed by atoms with Crippen LogP contribution in [0.1, 0.15) is 5.56 Å². The topological polar surface area (TPSA) is 55.6 Å². The number of nitrogen functional groups attached to an aromatic ring is 1. The first-order valence-electron chi connectivity index (χ1n) is 5.41. The summed E-state index contributed by atoms with van der Waals surface area (Å²) in [5, 5.41) is 0. The maximum absolute atomic E-state index is 11.7. The predicted molar refractivity (Wildman–Crippen MR) is 69.4 cm³/mol. The fourth-order valence-electron chi connectivity index (χ4n) is 1.30. The van der Waals surface area contributed by atoms with Crippen LogP contribution in [0.3, 0.4) is 0 Å². The van der Waals surface area contributed by atoms with E-state index in [2.05, 4.69) is 0 Å². The fraction of sp³-hybridized carbons (Fsp3) is 0.308. The average molecular weight is 234 g/mol. The predicted octanol–water partition coefficient (Wildman–Crippen LogP) is 1.39. The van der Waals surface area contributed by atoms with Crippen LogP contribution in [-0.4, -0.2) is 38.1 Å². The van der Waals surface area contributed by atoms with Crippen molar-refractivity contribution in [3.63, 3.8) is 0 Å². The number of hydrogen-bond acceptors (Lipinski definition) is 3. The van der Waals surface area contributed by atoms with E-state index < -0.39 is 0 Å². The number of nitrogens with zero attached hydrogens (tertiary/aromatic N) is 1. The summed E-state index contributed by atoms with van der Waals surface area (Å²) in [5.74, 6) is -0.0514. The van der Waals surface area contributed by atoms with Crippen molar-refractivity contribution in [2.24, 2.45) is 0 Å². The van der Waals surface area contributed by atoms with E-state index >= 15 is 0 Å². The van der Waals surface area contributed by atoms with Crippen molar-refractivity contribution >= 4 is 17.7 Å². The molecule has 1 aromatic carbocycles. The third-order valence-electron chi connectivity index (χ3n) is 2.34. The largest absolute Gasteiger partial charge is 0.399 e. The van der Waals surface area contributed by atoms with Gasteiger partial charge in [-0.3, -0.25) is 4.79 Å². The van der Waals surface area contributed by atoms with E-state index in [0.717, 1.165) is 5.56 Å². The Bertz CT molecular complexity index is 402. The van der Waals surface area contributed by atoms with Crippen molar-refractivity contribution in [1.82, 2.24) is 4.90 Å². The summed E-state index contributed by atoms with van der Waals surface area (Å²) in [6.45, 7) is 1.12. The number of carbonyl (C=O) groups excluding carboxylic acids is 1. The molecule has 0 aromatic heterocycles. The van der Waals surface area contributed by atoms with Gasteiger partial charge in [-0.1, -0.05) is 12.1 Å².